The molecule has 0 unspecified atom stereocenters. The molecular weight excluding hydrogens is 343 g/mol. The predicted molar refractivity (Wildman–Crippen MR) is 87.7 cm³/mol. The number of benzene rings is 2. The maximum absolute atomic E-state index is 14.0. The van der Waals surface area contributed by atoms with Crippen LogP contribution in [-0.4, -0.2) is 25.2 Å². The van der Waals surface area contributed by atoms with Crippen LogP contribution in [0.3, 0.4) is 0 Å². The Hall–Kier alpha value is -3.55. The fourth-order valence-electron chi connectivity index (χ4n) is 2.53. The number of rotatable bonds is 3. The second kappa shape index (κ2) is 6.40. The maximum Gasteiger partial charge on any atom is 0.223 e. The molecule has 0 aliphatic rings. The molecule has 2 aromatic heterocycles. The van der Waals surface area contributed by atoms with Gasteiger partial charge in [0, 0.05) is 12.3 Å². The van der Waals surface area contributed by atoms with Crippen LogP contribution in [0, 0.1) is 17.5 Å². The van der Waals surface area contributed by atoms with Crippen LogP contribution in [0.15, 0.2) is 60.8 Å². The zero-order valence-electron chi connectivity index (χ0n) is 13.1. The van der Waals surface area contributed by atoms with E-state index in [-0.39, 0.29) is 22.6 Å². The summed E-state index contributed by atoms with van der Waals surface area (Å²) < 4.78 is 42.1. The molecule has 0 fully saturated rings. The van der Waals surface area contributed by atoms with E-state index in [1.165, 1.54) is 12.1 Å². The van der Waals surface area contributed by atoms with Gasteiger partial charge in [-0.2, -0.15) is 0 Å². The van der Waals surface area contributed by atoms with Gasteiger partial charge in [-0.25, -0.2) is 13.2 Å². The van der Waals surface area contributed by atoms with Gasteiger partial charge in [0.25, 0.3) is 0 Å². The lowest BCUT2D eigenvalue weighted by molar-refractivity contribution is 0.588. The maximum atomic E-state index is 14.0. The highest BCUT2D eigenvalue weighted by Crippen LogP contribution is 2.28. The third-order valence-electron chi connectivity index (χ3n) is 3.67. The first-order chi connectivity index (χ1) is 12.6. The number of hydrogen-bond donors (Lipinski definition) is 0. The lowest BCUT2D eigenvalue weighted by Crippen LogP contribution is -2.01. The smallest absolute Gasteiger partial charge is 0.223 e. The number of pyridine rings is 1. The van der Waals surface area contributed by atoms with Gasteiger partial charge in [0.15, 0.2) is 0 Å². The highest BCUT2D eigenvalue weighted by atomic mass is 19.1. The van der Waals surface area contributed by atoms with Gasteiger partial charge in [-0.05, 0) is 47.2 Å². The fourth-order valence-corrected chi connectivity index (χ4v) is 2.53. The average Bonchev–Trinajstić information content (AvgIpc) is 3.12. The van der Waals surface area contributed by atoms with E-state index in [2.05, 4.69) is 20.4 Å². The van der Waals surface area contributed by atoms with Crippen molar-refractivity contribution in [2.24, 2.45) is 0 Å². The molecular formula is C18H10F3N5. The van der Waals surface area contributed by atoms with Crippen LogP contribution in [0.5, 0.6) is 0 Å². The van der Waals surface area contributed by atoms with Gasteiger partial charge in [0.05, 0.1) is 11.3 Å². The summed E-state index contributed by atoms with van der Waals surface area (Å²) in [5, 5.41) is 11.9. The van der Waals surface area contributed by atoms with Gasteiger partial charge < -0.3 is 0 Å². The van der Waals surface area contributed by atoms with Crippen molar-refractivity contribution in [2.75, 3.05) is 0 Å². The Bertz CT molecular complexity index is 1060. The minimum atomic E-state index is -0.790. The molecule has 8 heteroatoms. The van der Waals surface area contributed by atoms with Gasteiger partial charge in [0.1, 0.15) is 23.1 Å². The first-order valence-electron chi connectivity index (χ1n) is 7.58. The van der Waals surface area contributed by atoms with E-state index >= 15 is 0 Å². The van der Waals surface area contributed by atoms with Crippen LogP contribution in [0.4, 0.5) is 13.2 Å². The molecule has 4 aromatic rings. The largest absolute Gasteiger partial charge is 0.253 e. The zero-order valence-corrected chi connectivity index (χ0v) is 13.1. The molecule has 0 N–H and O–H groups in total. The van der Waals surface area contributed by atoms with Crippen molar-refractivity contribution in [2.45, 2.75) is 0 Å². The van der Waals surface area contributed by atoms with Gasteiger partial charge in [0.2, 0.25) is 5.82 Å². The summed E-state index contributed by atoms with van der Waals surface area (Å²) in [5.74, 6) is -2.02. The van der Waals surface area contributed by atoms with E-state index in [9.17, 15) is 13.2 Å². The van der Waals surface area contributed by atoms with E-state index in [0.29, 0.717) is 5.69 Å². The molecule has 2 heterocycles. The van der Waals surface area contributed by atoms with Gasteiger partial charge >= 0.3 is 0 Å². The topological polar surface area (TPSA) is 56.5 Å². The summed E-state index contributed by atoms with van der Waals surface area (Å²) in [6.07, 6.45) is 1.58. The van der Waals surface area contributed by atoms with Crippen molar-refractivity contribution >= 4 is 0 Å². The van der Waals surface area contributed by atoms with Crippen LogP contribution < -0.4 is 0 Å². The third-order valence-corrected chi connectivity index (χ3v) is 3.67. The quantitative estimate of drug-likeness (QED) is 0.562. The van der Waals surface area contributed by atoms with E-state index in [4.69, 9.17) is 0 Å². The lowest BCUT2D eigenvalue weighted by atomic mass is 10.0. The molecule has 128 valence electrons. The Labute approximate surface area is 145 Å². The number of nitrogens with zero attached hydrogens (tertiary/aromatic N) is 5. The van der Waals surface area contributed by atoms with E-state index < -0.39 is 17.5 Å². The SMILES string of the molecule is Fc1cc(-c2c(F)cccc2F)cc(-n2nnc(-c3ccccn3)n2)c1. The molecule has 0 saturated heterocycles. The Kier molecular flexibility index (Phi) is 3.92. The minimum absolute atomic E-state index is 0.0345. The summed E-state index contributed by atoms with van der Waals surface area (Å²) in [4.78, 5) is 5.19. The highest BCUT2D eigenvalue weighted by Gasteiger charge is 2.15. The van der Waals surface area contributed by atoms with E-state index in [1.54, 1.807) is 24.4 Å². The van der Waals surface area contributed by atoms with E-state index in [0.717, 1.165) is 29.1 Å². The lowest BCUT2D eigenvalue weighted by Gasteiger charge is -2.07. The first kappa shape index (κ1) is 15.9. The molecule has 2 aromatic carbocycles. The third kappa shape index (κ3) is 2.92. The van der Waals surface area contributed by atoms with Crippen molar-refractivity contribution < 1.29 is 13.2 Å². The summed E-state index contributed by atoms with van der Waals surface area (Å²) >= 11 is 0. The normalized spacial score (nSPS) is 10.9. The summed E-state index contributed by atoms with van der Waals surface area (Å²) in [7, 11) is 0. The van der Waals surface area contributed by atoms with Crippen LogP contribution in [0.2, 0.25) is 0 Å². The second-order valence-corrected chi connectivity index (χ2v) is 5.41. The standard InChI is InChI=1S/C18H10F3N5/c19-12-8-11(17-14(20)4-3-5-15(17)21)9-13(10-12)26-24-18(23-25-26)16-6-1-2-7-22-16/h1-10H. The molecule has 26 heavy (non-hydrogen) atoms. The Morgan fingerprint density at radius 2 is 1.65 bits per heavy atom. The molecule has 0 spiro atoms. The molecule has 5 nitrogen and oxygen atoms in total. The Balaban J connectivity index is 1.80. The van der Waals surface area contributed by atoms with Crippen molar-refractivity contribution in [1.82, 2.24) is 25.2 Å². The van der Waals surface area contributed by atoms with Crippen LogP contribution >= 0.6 is 0 Å². The summed E-state index contributed by atoms with van der Waals surface area (Å²) in [5.41, 5.74) is 0.387. The average molecular weight is 353 g/mol. The van der Waals surface area contributed by atoms with Gasteiger partial charge in [-0.15, -0.1) is 15.0 Å². The van der Waals surface area contributed by atoms with Crippen LogP contribution in [0.1, 0.15) is 0 Å². The number of halogens is 3. The Morgan fingerprint density at radius 3 is 2.38 bits per heavy atom. The molecule has 0 aliphatic heterocycles. The number of tetrazole rings is 1. The Morgan fingerprint density at radius 1 is 0.846 bits per heavy atom. The highest BCUT2D eigenvalue weighted by molar-refractivity contribution is 5.67. The van der Waals surface area contributed by atoms with Crippen molar-refractivity contribution in [1.29, 1.82) is 0 Å². The van der Waals surface area contributed by atoms with Crippen LogP contribution in [-0.2, 0) is 0 Å². The molecule has 0 amide bonds. The fraction of sp³-hybridized carbons (Fsp3) is 0. The van der Waals surface area contributed by atoms with Crippen molar-refractivity contribution in [3.63, 3.8) is 0 Å². The van der Waals surface area contributed by atoms with E-state index in [1.807, 2.05) is 0 Å². The molecule has 4 rings (SSSR count). The monoisotopic (exact) mass is 353 g/mol. The predicted octanol–water partition coefficient (Wildman–Crippen LogP) is 3.81. The zero-order chi connectivity index (χ0) is 18.1. The van der Waals surface area contributed by atoms with Crippen molar-refractivity contribution in [3.05, 3.63) is 78.2 Å². The van der Waals surface area contributed by atoms with Crippen LogP contribution in [0.25, 0.3) is 28.3 Å². The molecule has 0 atom stereocenters. The van der Waals surface area contributed by atoms with Gasteiger partial charge in [-0.3, -0.25) is 4.98 Å². The molecule has 0 bridgehead atoms. The molecule has 0 aliphatic carbocycles. The van der Waals surface area contributed by atoms with Crippen molar-refractivity contribution in [3.8, 4) is 28.3 Å². The summed E-state index contributed by atoms with van der Waals surface area (Å²) in [6.45, 7) is 0. The number of hydrogen-bond acceptors (Lipinski definition) is 4. The molecule has 0 radical (unpaired) electrons. The number of aromatic nitrogens is 5. The second-order valence-electron chi connectivity index (χ2n) is 5.41. The van der Waals surface area contributed by atoms with Gasteiger partial charge in [-0.1, -0.05) is 12.1 Å². The first-order valence-corrected chi connectivity index (χ1v) is 7.58. The molecule has 0 saturated carbocycles. The minimum Gasteiger partial charge on any atom is -0.253 e. The summed E-state index contributed by atoms with van der Waals surface area (Å²) in [6, 6.07) is 12.2.